The number of thiophene rings is 1. The third-order valence-electron chi connectivity index (χ3n) is 12.5. The second kappa shape index (κ2) is 12.9. The molecular weight excluding hydrogens is 681 g/mol. The fourth-order valence-corrected chi connectivity index (χ4v) is 11.2. The lowest BCUT2D eigenvalue weighted by Crippen LogP contribution is -2.15. The van der Waals surface area contributed by atoms with Crippen molar-refractivity contribution in [3.8, 4) is 54.3 Å². The second-order valence-corrected chi connectivity index (χ2v) is 17.5. The zero-order valence-corrected chi connectivity index (χ0v) is 32.8. The fourth-order valence-electron chi connectivity index (χ4n) is 9.73. The van der Waals surface area contributed by atoms with Crippen molar-refractivity contribution in [2.24, 2.45) is 0 Å². The lowest BCUT2D eigenvalue weighted by Gasteiger charge is -2.25. The first-order valence-corrected chi connectivity index (χ1v) is 20.4. The highest BCUT2D eigenvalue weighted by molar-refractivity contribution is 7.19. The molecule has 0 radical (unpaired) electrons. The van der Waals surface area contributed by atoms with Crippen molar-refractivity contribution in [2.45, 2.75) is 50.9 Å². The molecule has 1 unspecified atom stereocenters. The number of fused-ring (bicyclic) bond motifs is 6. The molecule has 0 amide bonds. The summed E-state index contributed by atoms with van der Waals surface area (Å²) in [5, 5.41) is 0. The molecule has 1 atom stereocenters. The van der Waals surface area contributed by atoms with Crippen molar-refractivity contribution in [1.29, 1.82) is 0 Å². The summed E-state index contributed by atoms with van der Waals surface area (Å²) < 4.78 is 0. The maximum absolute atomic E-state index is 2.50. The van der Waals surface area contributed by atoms with E-state index in [1.807, 2.05) is 11.3 Å². The Bertz CT molecular complexity index is 2710. The van der Waals surface area contributed by atoms with Crippen LogP contribution >= 0.6 is 11.3 Å². The van der Waals surface area contributed by atoms with Crippen molar-refractivity contribution in [3.63, 3.8) is 0 Å². The van der Waals surface area contributed by atoms with Gasteiger partial charge in [0.15, 0.2) is 0 Å². The molecule has 1 heteroatoms. The van der Waals surface area contributed by atoms with Gasteiger partial charge >= 0.3 is 0 Å². The van der Waals surface area contributed by atoms with E-state index in [4.69, 9.17) is 0 Å². The highest BCUT2D eigenvalue weighted by Crippen LogP contribution is 2.59. The smallest absolute Gasteiger partial charge is 0.0431 e. The van der Waals surface area contributed by atoms with Crippen LogP contribution in [0.5, 0.6) is 0 Å². The van der Waals surface area contributed by atoms with Crippen LogP contribution in [-0.4, -0.2) is 0 Å². The molecular formula is C54H44S. The molecule has 1 heterocycles. The normalized spacial score (nSPS) is 14.8. The van der Waals surface area contributed by atoms with Crippen LogP contribution < -0.4 is 0 Å². The standard InChI is InChI=1S/C54H44S/c1-53(2)46-25-15-13-23-42(46)43-32-27-35(34-48(43)53)33-45(41-22-12-11-21-40(41)36-17-7-5-8-18-36)37-28-30-39(31-29-37)52-50-49(51(55-52)38-19-9-6-10-20-38)44-24-14-16-26-47(44)54(50,3)4/h5-32,34,45H,33H2,1-4H3. The van der Waals surface area contributed by atoms with E-state index >= 15 is 0 Å². The van der Waals surface area contributed by atoms with E-state index in [-0.39, 0.29) is 16.7 Å². The summed E-state index contributed by atoms with van der Waals surface area (Å²) in [6.07, 6.45) is 0.914. The van der Waals surface area contributed by atoms with Crippen molar-refractivity contribution < 1.29 is 0 Å². The Hall–Kier alpha value is -5.76. The highest BCUT2D eigenvalue weighted by atomic mass is 32.1. The Kier molecular flexibility index (Phi) is 7.94. The Labute approximate surface area is 329 Å². The van der Waals surface area contributed by atoms with Gasteiger partial charge in [-0.05, 0) is 84.3 Å². The molecule has 0 bridgehead atoms. The predicted octanol–water partition coefficient (Wildman–Crippen LogP) is 14.7. The van der Waals surface area contributed by atoms with E-state index in [1.54, 1.807) is 0 Å². The molecule has 2 aliphatic rings. The number of benzene rings is 7. The van der Waals surface area contributed by atoms with Gasteiger partial charge in [-0.1, -0.05) is 204 Å². The Morgan fingerprint density at radius 2 is 0.982 bits per heavy atom. The largest absolute Gasteiger partial charge is 0.134 e. The summed E-state index contributed by atoms with van der Waals surface area (Å²) in [6, 6.07) is 65.8. The van der Waals surface area contributed by atoms with Crippen LogP contribution in [0.4, 0.5) is 0 Å². The van der Waals surface area contributed by atoms with E-state index < -0.39 is 0 Å². The molecule has 1 aromatic heterocycles. The van der Waals surface area contributed by atoms with E-state index in [0.29, 0.717) is 0 Å². The van der Waals surface area contributed by atoms with Crippen LogP contribution in [-0.2, 0) is 17.3 Å². The molecule has 55 heavy (non-hydrogen) atoms. The molecule has 0 fully saturated rings. The van der Waals surface area contributed by atoms with Crippen LogP contribution in [0, 0.1) is 0 Å². The van der Waals surface area contributed by atoms with Gasteiger partial charge in [0.25, 0.3) is 0 Å². The minimum atomic E-state index is -0.0956. The number of rotatable bonds is 7. The maximum atomic E-state index is 2.50. The summed E-state index contributed by atoms with van der Waals surface area (Å²) >= 11 is 1.95. The molecule has 10 rings (SSSR count). The Balaban J connectivity index is 1.10. The SMILES string of the molecule is CC1(C)c2ccccc2-c2ccc(CC(c3ccc(-c4sc(-c5ccccc5)c5c4C(C)(C)c4ccccc4-5)cc3)c3ccccc3-c3ccccc3)cc21. The van der Waals surface area contributed by atoms with Gasteiger partial charge in [0.05, 0.1) is 0 Å². The first-order chi connectivity index (χ1) is 26.8. The van der Waals surface area contributed by atoms with Gasteiger partial charge in [-0.15, -0.1) is 11.3 Å². The summed E-state index contributed by atoms with van der Waals surface area (Å²) in [5.74, 6) is 0.171. The Morgan fingerprint density at radius 3 is 1.69 bits per heavy atom. The predicted molar refractivity (Wildman–Crippen MR) is 234 cm³/mol. The second-order valence-electron chi connectivity index (χ2n) is 16.4. The van der Waals surface area contributed by atoms with Gasteiger partial charge in [0.1, 0.15) is 0 Å². The third-order valence-corrected chi connectivity index (χ3v) is 13.8. The third kappa shape index (κ3) is 5.40. The van der Waals surface area contributed by atoms with Crippen LogP contribution in [0.15, 0.2) is 176 Å². The minimum absolute atomic E-state index is 0.0337. The van der Waals surface area contributed by atoms with Gasteiger partial charge in [-0.2, -0.15) is 0 Å². The summed E-state index contributed by atoms with van der Waals surface area (Å²) in [4.78, 5) is 2.74. The first kappa shape index (κ1) is 33.8. The van der Waals surface area contributed by atoms with Gasteiger partial charge in [0, 0.05) is 32.1 Å². The first-order valence-electron chi connectivity index (χ1n) is 19.6. The van der Waals surface area contributed by atoms with E-state index in [9.17, 15) is 0 Å². The summed E-state index contributed by atoms with van der Waals surface area (Å²) in [7, 11) is 0. The minimum Gasteiger partial charge on any atom is -0.134 e. The zero-order valence-electron chi connectivity index (χ0n) is 31.9. The van der Waals surface area contributed by atoms with Crippen LogP contribution in [0.2, 0.25) is 0 Å². The summed E-state index contributed by atoms with van der Waals surface area (Å²) in [6.45, 7) is 9.58. The van der Waals surface area contributed by atoms with Crippen molar-refractivity contribution in [2.75, 3.05) is 0 Å². The lowest BCUT2D eigenvalue weighted by molar-refractivity contribution is 0.658. The van der Waals surface area contributed by atoms with Crippen molar-refractivity contribution in [1.82, 2.24) is 0 Å². The topological polar surface area (TPSA) is 0 Å². The lowest BCUT2D eigenvalue weighted by atomic mass is 9.79. The molecule has 8 aromatic rings. The van der Waals surface area contributed by atoms with Crippen LogP contribution in [0.1, 0.15) is 72.6 Å². The average Bonchev–Trinajstić information content (AvgIpc) is 3.82. The van der Waals surface area contributed by atoms with E-state index in [0.717, 1.165) is 6.42 Å². The van der Waals surface area contributed by atoms with E-state index in [2.05, 4.69) is 204 Å². The summed E-state index contributed by atoms with van der Waals surface area (Å²) in [5.41, 5.74) is 20.3. The molecule has 266 valence electrons. The molecule has 0 nitrogen and oxygen atoms in total. The fraction of sp³-hybridized carbons (Fsp3) is 0.148. The van der Waals surface area contributed by atoms with Gasteiger partial charge in [-0.3, -0.25) is 0 Å². The Morgan fingerprint density at radius 1 is 0.436 bits per heavy atom. The van der Waals surface area contributed by atoms with Crippen molar-refractivity contribution >= 4 is 11.3 Å². The monoisotopic (exact) mass is 724 g/mol. The number of hydrogen-bond acceptors (Lipinski definition) is 1. The molecule has 0 saturated carbocycles. The number of hydrogen-bond donors (Lipinski definition) is 0. The van der Waals surface area contributed by atoms with E-state index in [1.165, 1.54) is 93.2 Å². The molecule has 0 spiro atoms. The van der Waals surface area contributed by atoms with Crippen LogP contribution in [0.3, 0.4) is 0 Å². The van der Waals surface area contributed by atoms with Crippen molar-refractivity contribution in [3.05, 3.63) is 215 Å². The quantitative estimate of drug-likeness (QED) is 0.154. The van der Waals surface area contributed by atoms with Gasteiger partial charge in [-0.25, -0.2) is 0 Å². The molecule has 0 N–H and O–H groups in total. The van der Waals surface area contributed by atoms with Gasteiger partial charge < -0.3 is 0 Å². The van der Waals surface area contributed by atoms with Gasteiger partial charge in [0.2, 0.25) is 0 Å². The highest BCUT2D eigenvalue weighted by Gasteiger charge is 2.41. The molecule has 0 saturated heterocycles. The average molecular weight is 725 g/mol. The molecule has 2 aliphatic carbocycles. The van der Waals surface area contributed by atoms with Crippen LogP contribution in [0.25, 0.3) is 54.3 Å². The molecule has 7 aromatic carbocycles. The maximum Gasteiger partial charge on any atom is 0.0431 e. The zero-order chi connectivity index (χ0) is 37.3. The molecule has 0 aliphatic heterocycles.